The number of nitrogens with one attached hydrogen (secondary N) is 2. The van der Waals surface area contributed by atoms with Gasteiger partial charge in [-0.25, -0.2) is 4.79 Å². The van der Waals surface area contributed by atoms with Gasteiger partial charge in [-0.3, -0.25) is 4.79 Å². The Hall–Kier alpha value is -1.26. The van der Waals surface area contributed by atoms with Gasteiger partial charge in [0.05, 0.1) is 6.42 Å². The van der Waals surface area contributed by atoms with Crippen molar-refractivity contribution in [1.82, 2.24) is 10.6 Å². The number of hydrogen-bond acceptors (Lipinski definition) is 2. The number of carbonyl (C=O) groups excluding carboxylic acids is 1. The van der Waals surface area contributed by atoms with E-state index in [-0.39, 0.29) is 24.5 Å². The molecule has 1 saturated carbocycles. The van der Waals surface area contributed by atoms with Gasteiger partial charge in [-0.15, -0.1) is 0 Å². The molecule has 80 valence electrons. The summed E-state index contributed by atoms with van der Waals surface area (Å²) in [5.41, 5.74) is -0.00664. The lowest BCUT2D eigenvalue weighted by Gasteiger charge is -2.15. The normalized spacial score (nSPS) is 17.2. The first-order valence-corrected chi connectivity index (χ1v) is 4.86. The maximum atomic E-state index is 11.2. The first-order valence-electron chi connectivity index (χ1n) is 4.86. The van der Waals surface area contributed by atoms with Gasteiger partial charge < -0.3 is 15.7 Å². The molecule has 0 bridgehead atoms. The molecule has 0 aromatic heterocycles. The molecule has 0 spiro atoms. The SMILES string of the molecule is CCC1(NC(=O)NCCC(=O)O)CC1. The lowest BCUT2D eigenvalue weighted by Crippen LogP contribution is -2.43. The van der Waals surface area contributed by atoms with E-state index in [1.165, 1.54) is 0 Å². The van der Waals surface area contributed by atoms with Crippen LogP contribution in [0, 0.1) is 0 Å². The molecule has 1 rings (SSSR count). The number of rotatable bonds is 5. The average molecular weight is 200 g/mol. The van der Waals surface area contributed by atoms with E-state index in [4.69, 9.17) is 5.11 Å². The van der Waals surface area contributed by atoms with Gasteiger partial charge >= 0.3 is 12.0 Å². The van der Waals surface area contributed by atoms with Crippen LogP contribution in [0.1, 0.15) is 32.6 Å². The van der Waals surface area contributed by atoms with E-state index in [0.717, 1.165) is 19.3 Å². The van der Waals surface area contributed by atoms with Gasteiger partial charge in [-0.1, -0.05) is 6.92 Å². The summed E-state index contributed by atoms with van der Waals surface area (Å²) >= 11 is 0. The fourth-order valence-electron chi connectivity index (χ4n) is 1.29. The molecule has 0 atom stereocenters. The van der Waals surface area contributed by atoms with E-state index in [1.54, 1.807) is 0 Å². The highest BCUT2D eigenvalue weighted by Gasteiger charge is 2.41. The third-order valence-electron chi connectivity index (χ3n) is 2.53. The number of carbonyl (C=O) groups is 2. The van der Waals surface area contributed by atoms with E-state index in [2.05, 4.69) is 10.6 Å². The standard InChI is InChI=1S/C9H16N2O3/c1-2-9(4-5-9)11-8(14)10-6-3-7(12)13/h2-6H2,1H3,(H,12,13)(H2,10,11,14). The van der Waals surface area contributed by atoms with E-state index in [1.807, 2.05) is 6.92 Å². The predicted octanol–water partition coefficient (Wildman–Crippen LogP) is 0.703. The van der Waals surface area contributed by atoms with Gasteiger partial charge in [-0.2, -0.15) is 0 Å². The van der Waals surface area contributed by atoms with E-state index < -0.39 is 5.97 Å². The summed E-state index contributed by atoms with van der Waals surface area (Å²) in [6.45, 7) is 2.21. The van der Waals surface area contributed by atoms with E-state index in [9.17, 15) is 9.59 Å². The second-order valence-corrected chi connectivity index (χ2v) is 3.66. The molecule has 1 aliphatic carbocycles. The van der Waals surface area contributed by atoms with Crippen molar-refractivity contribution in [3.63, 3.8) is 0 Å². The van der Waals surface area contributed by atoms with Gasteiger partial charge in [0.25, 0.3) is 0 Å². The highest BCUT2D eigenvalue weighted by Crippen LogP contribution is 2.38. The summed E-state index contributed by atoms with van der Waals surface area (Å²) in [4.78, 5) is 21.4. The van der Waals surface area contributed by atoms with Crippen LogP contribution in [0.2, 0.25) is 0 Å². The minimum atomic E-state index is -0.901. The van der Waals surface area contributed by atoms with Crippen molar-refractivity contribution in [3.8, 4) is 0 Å². The number of carboxylic acid groups (broad SMARTS) is 1. The summed E-state index contributed by atoms with van der Waals surface area (Å²) in [5, 5.41) is 13.7. The summed E-state index contributed by atoms with van der Waals surface area (Å²) in [6, 6.07) is -0.259. The molecular weight excluding hydrogens is 184 g/mol. The predicted molar refractivity (Wildman–Crippen MR) is 51.0 cm³/mol. The highest BCUT2D eigenvalue weighted by atomic mass is 16.4. The van der Waals surface area contributed by atoms with Crippen molar-refractivity contribution in [2.24, 2.45) is 0 Å². The quantitative estimate of drug-likeness (QED) is 0.611. The second-order valence-electron chi connectivity index (χ2n) is 3.66. The van der Waals surface area contributed by atoms with Gasteiger partial charge in [-0.05, 0) is 19.3 Å². The number of carboxylic acids is 1. The minimum Gasteiger partial charge on any atom is -0.481 e. The molecule has 0 saturated heterocycles. The van der Waals surface area contributed by atoms with E-state index >= 15 is 0 Å². The molecule has 0 radical (unpaired) electrons. The van der Waals surface area contributed by atoms with Gasteiger partial charge in [0.15, 0.2) is 0 Å². The van der Waals surface area contributed by atoms with Crippen molar-refractivity contribution in [2.75, 3.05) is 6.54 Å². The van der Waals surface area contributed by atoms with Crippen molar-refractivity contribution in [2.45, 2.75) is 38.1 Å². The number of aliphatic carboxylic acids is 1. The number of hydrogen-bond donors (Lipinski definition) is 3. The smallest absolute Gasteiger partial charge is 0.315 e. The second kappa shape index (κ2) is 4.30. The van der Waals surface area contributed by atoms with Crippen LogP contribution < -0.4 is 10.6 Å². The molecular formula is C9H16N2O3. The third-order valence-corrected chi connectivity index (χ3v) is 2.53. The minimum absolute atomic E-state index is 0.00664. The number of urea groups is 1. The van der Waals surface area contributed by atoms with Crippen molar-refractivity contribution in [1.29, 1.82) is 0 Å². The van der Waals surface area contributed by atoms with Crippen LogP contribution in [0.15, 0.2) is 0 Å². The molecule has 3 N–H and O–H groups in total. The van der Waals surface area contributed by atoms with Gasteiger partial charge in [0, 0.05) is 12.1 Å². The Kier molecular flexibility index (Phi) is 3.33. The average Bonchev–Trinajstić information content (AvgIpc) is 2.85. The molecule has 5 heteroatoms. The summed E-state index contributed by atoms with van der Waals surface area (Å²) in [7, 11) is 0. The third kappa shape index (κ3) is 3.24. The molecule has 1 aliphatic rings. The molecule has 1 fully saturated rings. The molecule has 14 heavy (non-hydrogen) atoms. The Bertz CT molecular complexity index is 236. The van der Waals surface area contributed by atoms with Gasteiger partial charge in [0.1, 0.15) is 0 Å². The van der Waals surface area contributed by atoms with Crippen LogP contribution in [-0.2, 0) is 4.79 Å². The van der Waals surface area contributed by atoms with Gasteiger partial charge in [0.2, 0.25) is 0 Å². The van der Waals surface area contributed by atoms with Crippen LogP contribution in [0.5, 0.6) is 0 Å². The molecule has 0 aromatic carbocycles. The van der Waals surface area contributed by atoms with Crippen LogP contribution in [0.4, 0.5) is 4.79 Å². The van der Waals surface area contributed by atoms with Crippen molar-refractivity contribution in [3.05, 3.63) is 0 Å². The maximum Gasteiger partial charge on any atom is 0.315 e. The molecule has 5 nitrogen and oxygen atoms in total. The Labute approximate surface area is 82.9 Å². The summed E-state index contributed by atoms with van der Waals surface area (Å²) in [6.07, 6.45) is 2.94. The van der Waals surface area contributed by atoms with Crippen molar-refractivity contribution >= 4 is 12.0 Å². The summed E-state index contributed by atoms with van der Waals surface area (Å²) in [5.74, 6) is -0.901. The fraction of sp³-hybridized carbons (Fsp3) is 0.778. The van der Waals surface area contributed by atoms with Crippen LogP contribution in [0.25, 0.3) is 0 Å². The number of amides is 2. The monoisotopic (exact) mass is 200 g/mol. The maximum absolute atomic E-state index is 11.2. The lowest BCUT2D eigenvalue weighted by atomic mass is 10.2. The Morgan fingerprint density at radius 2 is 2.07 bits per heavy atom. The first-order chi connectivity index (χ1) is 6.58. The zero-order chi connectivity index (χ0) is 10.6. The van der Waals surface area contributed by atoms with E-state index in [0.29, 0.717) is 0 Å². The zero-order valence-corrected chi connectivity index (χ0v) is 8.30. The first kappa shape index (κ1) is 10.8. The molecule has 2 amide bonds. The molecule has 0 aromatic rings. The molecule has 0 aliphatic heterocycles. The van der Waals surface area contributed by atoms with Crippen molar-refractivity contribution < 1.29 is 14.7 Å². The fourth-order valence-corrected chi connectivity index (χ4v) is 1.29. The Morgan fingerprint density at radius 1 is 1.43 bits per heavy atom. The highest BCUT2D eigenvalue weighted by molar-refractivity contribution is 5.76. The van der Waals surface area contributed by atoms with Crippen LogP contribution in [0.3, 0.4) is 0 Å². The largest absolute Gasteiger partial charge is 0.481 e. The van der Waals surface area contributed by atoms with Crippen LogP contribution >= 0.6 is 0 Å². The zero-order valence-electron chi connectivity index (χ0n) is 8.30. The topological polar surface area (TPSA) is 78.4 Å². The molecule has 0 heterocycles. The molecule has 0 unspecified atom stereocenters. The van der Waals surface area contributed by atoms with Crippen LogP contribution in [-0.4, -0.2) is 29.2 Å². The Morgan fingerprint density at radius 3 is 2.50 bits per heavy atom. The Balaban J connectivity index is 2.13. The summed E-state index contributed by atoms with van der Waals surface area (Å²) < 4.78 is 0. The lowest BCUT2D eigenvalue weighted by molar-refractivity contribution is -0.136.